The molecule has 0 saturated heterocycles. The highest BCUT2D eigenvalue weighted by molar-refractivity contribution is 5.69. The molecule has 0 fully saturated rings. The highest BCUT2D eigenvalue weighted by Gasteiger charge is 2.14. The highest BCUT2D eigenvalue weighted by Crippen LogP contribution is 2.18. The predicted octanol–water partition coefficient (Wildman–Crippen LogP) is 13.9. The van der Waals surface area contributed by atoms with Gasteiger partial charge >= 0.3 is 11.9 Å². The molecule has 0 saturated carbocycles. The van der Waals surface area contributed by atoms with Crippen LogP contribution in [0.15, 0.2) is 72.9 Å². The van der Waals surface area contributed by atoms with E-state index >= 15 is 0 Å². The van der Waals surface area contributed by atoms with Crippen LogP contribution in [0.5, 0.6) is 0 Å². The third-order valence-corrected chi connectivity index (χ3v) is 8.44. The van der Waals surface area contributed by atoms with Gasteiger partial charge in [0.1, 0.15) is 6.10 Å². The molecule has 0 bridgehead atoms. The largest absolute Gasteiger partial charge is 0.481 e. The van der Waals surface area contributed by atoms with E-state index in [2.05, 4.69) is 86.8 Å². The summed E-state index contributed by atoms with van der Waals surface area (Å²) in [6.07, 6.45) is 54.9. The summed E-state index contributed by atoms with van der Waals surface area (Å²) in [5, 5.41) is 8.78. The van der Waals surface area contributed by atoms with Crippen molar-refractivity contribution in [3.63, 3.8) is 0 Å². The molecule has 0 rings (SSSR count). The zero-order valence-electron chi connectivity index (χ0n) is 31.3. The Labute approximate surface area is 297 Å². The Bertz CT molecular complexity index is 892. The van der Waals surface area contributed by atoms with Gasteiger partial charge in [-0.1, -0.05) is 157 Å². The SMILES string of the molecule is CC/C=C\C/C=C\C/C=C\C/C=C\C/C=C\C/C=C\CCCCC(=O)OC(CCCCCCCCCC)CCCCCCCCC(=O)O. The number of esters is 1. The zero-order valence-corrected chi connectivity index (χ0v) is 31.3. The topological polar surface area (TPSA) is 63.6 Å². The number of allylic oxidation sites excluding steroid dienone is 12. The maximum atomic E-state index is 12.6. The molecule has 0 aliphatic rings. The van der Waals surface area contributed by atoms with Crippen molar-refractivity contribution >= 4 is 11.9 Å². The molecular formula is C44H74O4. The van der Waals surface area contributed by atoms with Crippen molar-refractivity contribution in [3.8, 4) is 0 Å². The zero-order chi connectivity index (χ0) is 35.0. The summed E-state index contributed by atoms with van der Waals surface area (Å²) in [4.78, 5) is 23.3. The molecule has 1 N–H and O–H groups in total. The standard InChI is InChI=1S/C44H74O4/c1-3-5-7-9-11-13-14-15-16-17-18-19-20-21-22-23-24-25-27-33-37-41-44(47)48-42(38-34-30-26-12-10-8-6-4-2)39-35-31-28-29-32-36-40-43(45)46/h5,7,11,13,15-16,18-19,21-22,24-25,42H,3-4,6,8-10,12,14,17,20,23,26-41H2,1-2H3,(H,45,46)/b7-5-,13-11-,16-15-,19-18-,22-21-,25-24-. The lowest BCUT2D eigenvalue weighted by Crippen LogP contribution is -2.18. The summed E-state index contributed by atoms with van der Waals surface area (Å²) in [6.45, 7) is 4.42. The lowest BCUT2D eigenvalue weighted by molar-refractivity contribution is -0.150. The van der Waals surface area contributed by atoms with E-state index in [0.29, 0.717) is 6.42 Å². The Morgan fingerprint density at radius 2 is 0.875 bits per heavy atom. The smallest absolute Gasteiger partial charge is 0.306 e. The third kappa shape index (κ3) is 37.8. The van der Waals surface area contributed by atoms with Crippen molar-refractivity contribution in [3.05, 3.63) is 72.9 Å². The number of hydrogen-bond acceptors (Lipinski definition) is 3. The molecule has 0 spiro atoms. The van der Waals surface area contributed by atoms with Gasteiger partial charge < -0.3 is 9.84 Å². The van der Waals surface area contributed by atoms with Crippen LogP contribution in [0.25, 0.3) is 0 Å². The van der Waals surface area contributed by atoms with Crippen molar-refractivity contribution in [2.75, 3.05) is 0 Å². The maximum Gasteiger partial charge on any atom is 0.306 e. The van der Waals surface area contributed by atoms with E-state index in [0.717, 1.165) is 116 Å². The van der Waals surface area contributed by atoms with Crippen molar-refractivity contribution in [2.45, 2.75) is 193 Å². The van der Waals surface area contributed by atoms with Gasteiger partial charge in [-0.05, 0) is 89.9 Å². The number of rotatable bonds is 35. The van der Waals surface area contributed by atoms with Gasteiger partial charge in [0.25, 0.3) is 0 Å². The molecule has 0 aromatic heterocycles. The van der Waals surface area contributed by atoms with Crippen LogP contribution in [0.3, 0.4) is 0 Å². The first-order valence-corrected chi connectivity index (χ1v) is 19.9. The van der Waals surface area contributed by atoms with Gasteiger partial charge in [0.2, 0.25) is 0 Å². The van der Waals surface area contributed by atoms with E-state index < -0.39 is 5.97 Å². The molecule has 0 heterocycles. The molecule has 48 heavy (non-hydrogen) atoms. The number of carbonyl (C=O) groups excluding carboxylic acids is 1. The van der Waals surface area contributed by atoms with Gasteiger partial charge in [0, 0.05) is 12.8 Å². The minimum atomic E-state index is -0.700. The molecule has 0 aromatic carbocycles. The van der Waals surface area contributed by atoms with E-state index in [9.17, 15) is 9.59 Å². The van der Waals surface area contributed by atoms with Crippen molar-refractivity contribution < 1.29 is 19.4 Å². The van der Waals surface area contributed by atoms with E-state index in [1.165, 1.54) is 44.9 Å². The number of ether oxygens (including phenoxy) is 1. The Morgan fingerprint density at radius 3 is 1.33 bits per heavy atom. The summed E-state index contributed by atoms with van der Waals surface area (Å²) < 4.78 is 5.98. The second-order valence-corrected chi connectivity index (χ2v) is 13.1. The lowest BCUT2D eigenvalue weighted by atomic mass is 10.0. The summed E-state index contributed by atoms with van der Waals surface area (Å²) in [5.74, 6) is -0.731. The molecule has 0 aliphatic carbocycles. The number of carboxylic acids is 1. The highest BCUT2D eigenvalue weighted by atomic mass is 16.5. The monoisotopic (exact) mass is 667 g/mol. The number of unbranched alkanes of at least 4 members (excludes halogenated alkanes) is 14. The molecule has 1 atom stereocenters. The van der Waals surface area contributed by atoms with Gasteiger partial charge in [-0.2, -0.15) is 0 Å². The van der Waals surface area contributed by atoms with Crippen molar-refractivity contribution in [1.29, 1.82) is 0 Å². The average Bonchev–Trinajstić information content (AvgIpc) is 3.07. The van der Waals surface area contributed by atoms with E-state index in [1.807, 2.05) is 0 Å². The molecule has 0 aliphatic heterocycles. The van der Waals surface area contributed by atoms with E-state index in [1.54, 1.807) is 0 Å². The van der Waals surface area contributed by atoms with Crippen LogP contribution in [-0.4, -0.2) is 23.1 Å². The molecular weight excluding hydrogens is 592 g/mol. The lowest BCUT2D eigenvalue weighted by Gasteiger charge is -2.18. The molecule has 0 aromatic rings. The van der Waals surface area contributed by atoms with Gasteiger partial charge in [0.05, 0.1) is 0 Å². The van der Waals surface area contributed by atoms with Crippen LogP contribution in [0.2, 0.25) is 0 Å². The fraction of sp³-hybridized carbons (Fsp3) is 0.682. The van der Waals surface area contributed by atoms with Crippen LogP contribution in [-0.2, 0) is 14.3 Å². The summed E-state index contributed by atoms with van der Waals surface area (Å²) in [6, 6.07) is 0. The van der Waals surface area contributed by atoms with Gasteiger partial charge in [0.15, 0.2) is 0 Å². The Balaban J connectivity index is 4.09. The second kappa shape index (κ2) is 38.8. The average molecular weight is 667 g/mol. The van der Waals surface area contributed by atoms with Crippen molar-refractivity contribution in [2.24, 2.45) is 0 Å². The Morgan fingerprint density at radius 1 is 0.479 bits per heavy atom. The molecule has 1 unspecified atom stereocenters. The van der Waals surface area contributed by atoms with Crippen LogP contribution in [0.1, 0.15) is 187 Å². The van der Waals surface area contributed by atoms with Crippen LogP contribution >= 0.6 is 0 Å². The number of hydrogen-bond donors (Lipinski definition) is 1. The van der Waals surface area contributed by atoms with Crippen LogP contribution in [0.4, 0.5) is 0 Å². The third-order valence-electron chi connectivity index (χ3n) is 8.44. The second-order valence-electron chi connectivity index (χ2n) is 13.1. The number of carbonyl (C=O) groups is 2. The fourth-order valence-corrected chi connectivity index (χ4v) is 5.54. The van der Waals surface area contributed by atoms with Gasteiger partial charge in [-0.3, -0.25) is 9.59 Å². The van der Waals surface area contributed by atoms with E-state index in [-0.39, 0.29) is 18.5 Å². The van der Waals surface area contributed by atoms with Crippen LogP contribution < -0.4 is 0 Å². The minimum Gasteiger partial charge on any atom is -0.481 e. The summed E-state index contributed by atoms with van der Waals surface area (Å²) in [7, 11) is 0. The summed E-state index contributed by atoms with van der Waals surface area (Å²) >= 11 is 0. The quantitative estimate of drug-likeness (QED) is 0.0415. The number of carboxylic acid groups (broad SMARTS) is 1. The molecule has 0 radical (unpaired) electrons. The number of aliphatic carboxylic acids is 1. The fourth-order valence-electron chi connectivity index (χ4n) is 5.54. The van der Waals surface area contributed by atoms with Crippen LogP contribution in [0, 0.1) is 0 Å². The van der Waals surface area contributed by atoms with E-state index in [4.69, 9.17) is 9.84 Å². The Hall–Kier alpha value is -2.62. The van der Waals surface area contributed by atoms with Gasteiger partial charge in [-0.25, -0.2) is 0 Å². The predicted molar refractivity (Wildman–Crippen MR) is 208 cm³/mol. The summed E-state index contributed by atoms with van der Waals surface area (Å²) in [5.41, 5.74) is 0. The molecule has 4 heteroatoms. The first kappa shape index (κ1) is 45.4. The Kier molecular flexibility index (Phi) is 36.7. The molecule has 4 nitrogen and oxygen atoms in total. The first-order chi connectivity index (χ1) is 23.6. The molecule has 0 amide bonds. The van der Waals surface area contributed by atoms with Crippen molar-refractivity contribution in [1.82, 2.24) is 0 Å². The minimum absolute atomic E-state index is 0.0315. The first-order valence-electron chi connectivity index (χ1n) is 19.9. The van der Waals surface area contributed by atoms with Gasteiger partial charge in [-0.15, -0.1) is 0 Å². The maximum absolute atomic E-state index is 12.6. The molecule has 274 valence electrons. The normalized spacial score (nSPS) is 13.0.